The van der Waals surface area contributed by atoms with Crippen molar-refractivity contribution in [3.05, 3.63) is 0 Å². The van der Waals surface area contributed by atoms with Gasteiger partial charge in [0.15, 0.2) is 5.79 Å². The number of fused-ring (bicyclic) bond motifs is 4. The largest absolute Gasteiger partial charge is 0.350 e. The van der Waals surface area contributed by atoms with Crippen LogP contribution in [0.25, 0.3) is 0 Å². The number of rotatable bonds is 0. The van der Waals surface area contributed by atoms with E-state index in [0.29, 0.717) is 34.6 Å². The first kappa shape index (κ1) is 16.7. The summed E-state index contributed by atoms with van der Waals surface area (Å²) >= 11 is 0. The lowest BCUT2D eigenvalue weighted by Crippen LogP contribution is -2.66. The van der Waals surface area contributed by atoms with Crippen molar-refractivity contribution in [2.45, 2.75) is 91.0 Å². The van der Waals surface area contributed by atoms with E-state index >= 15 is 0 Å². The quantitative estimate of drug-likeness (QED) is 0.636. The second-order valence-corrected chi connectivity index (χ2v) is 10.8. The lowest BCUT2D eigenvalue weighted by Gasteiger charge is -2.68. The summed E-state index contributed by atoms with van der Waals surface area (Å²) in [5.41, 5.74) is 0.891. The molecule has 0 aromatic carbocycles. The van der Waals surface area contributed by atoms with Crippen molar-refractivity contribution in [3.8, 4) is 0 Å². The van der Waals surface area contributed by atoms with Gasteiger partial charge < -0.3 is 9.47 Å². The molecule has 0 radical (unpaired) electrons. The predicted octanol–water partition coefficient (Wildman–Crippen LogP) is 4.73. The molecule has 4 aliphatic carbocycles. The van der Waals surface area contributed by atoms with Crippen LogP contribution in [-0.2, 0) is 14.3 Å². The Bertz CT molecular complexity index is 612. The molecule has 5 fully saturated rings. The summed E-state index contributed by atoms with van der Waals surface area (Å²) in [6, 6.07) is 0. The molecule has 2 bridgehead atoms. The standard InChI is InChI=1S/C22H34O3/c1-19(2)24-13-20(3)17-6-5-15-11-14-12-22(15,10-7-16(14)23)21(17,4)9-8-18(20)25-19/h14-15,17-18H,5-13H2,1-4H3/t14?,15?,17?,18?,20-,21-,22?/m0/s1. The van der Waals surface area contributed by atoms with Gasteiger partial charge in [-0.2, -0.15) is 0 Å². The molecule has 3 heteroatoms. The Kier molecular flexibility index (Phi) is 3.28. The van der Waals surface area contributed by atoms with E-state index in [0.717, 1.165) is 31.8 Å². The van der Waals surface area contributed by atoms with E-state index in [9.17, 15) is 4.79 Å². The molecule has 1 saturated heterocycles. The summed E-state index contributed by atoms with van der Waals surface area (Å²) in [5.74, 6) is 1.94. The van der Waals surface area contributed by atoms with Gasteiger partial charge in [0, 0.05) is 17.8 Å². The van der Waals surface area contributed by atoms with Crippen LogP contribution in [0.1, 0.15) is 79.1 Å². The van der Waals surface area contributed by atoms with Crippen LogP contribution in [0.3, 0.4) is 0 Å². The molecule has 4 saturated carbocycles. The van der Waals surface area contributed by atoms with Crippen molar-refractivity contribution in [2.75, 3.05) is 6.61 Å². The number of hydrogen-bond donors (Lipinski definition) is 0. The average Bonchev–Trinajstić information content (AvgIpc) is 2.88. The van der Waals surface area contributed by atoms with Crippen molar-refractivity contribution < 1.29 is 14.3 Å². The summed E-state index contributed by atoms with van der Waals surface area (Å²) in [6.07, 6.45) is 9.70. The van der Waals surface area contributed by atoms with Gasteiger partial charge in [-0.15, -0.1) is 0 Å². The maximum atomic E-state index is 12.4. The third-order valence-electron chi connectivity index (χ3n) is 9.56. The van der Waals surface area contributed by atoms with Gasteiger partial charge in [0.05, 0.1) is 12.7 Å². The number of ether oxygens (including phenoxy) is 2. The fraction of sp³-hybridized carbons (Fsp3) is 0.955. The Balaban J connectivity index is 1.53. The fourth-order valence-corrected chi connectivity index (χ4v) is 8.33. The van der Waals surface area contributed by atoms with Gasteiger partial charge in [-0.1, -0.05) is 13.8 Å². The van der Waals surface area contributed by atoms with E-state index in [1.54, 1.807) is 0 Å². The van der Waals surface area contributed by atoms with Crippen molar-refractivity contribution in [3.63, 3.8) is 0 Å². The monoisotopic (exact) mass is 346 g/mol. The zero-order valence-corrected chi connectivity index (χ0v) is 16.4. The first-order valence-electron chi connectivity index (χ1n) is 10.5. The van der Waals surface area contributed by atoms with Gasteiger partial charge in [-0.25, -0.2) is 0 Å². The third kappa shape index (κ3) is 1.98. The molecular formula is C22H34O3. The highest BCUT2D eigenvalue weighted by atomic mass is 16.7. The summed E-state index contributed by atoms with van der Waals surface area (Å²) in [4.78, 5) is 12.4. The lowest BCUT2D eigenvalue weighted by atomic mass is 9.39. The summed E-state index contributed by atoms with van der Waals surface area (Å²) in [7, 11) is 0. The van der Waals surface area contributed by atoms with Gasteiger partial charge in [0.25, 0.3) is 0 Å². The lowest BCUT2D eigenvalue weighted by molar-refractivity contribution is -0.351. The normalized spacial score (nSPS) is 56.7. The van der Waals surface area contributed by atoms with Gasteiger partial charge in [-0.3, -0.25) is 4.79 Å². The van der Waals surface area contributed by atoms with Gasteiger partial charge in [-0.05, 0) is 81.5 Å². The molecule has 140 valence electrons. The molecule has 0 N–H and O–H groups in total. The minimum Gasteiger partial charge on any atom is -0.350 e. The summed E-state index contributed by atoms with van der Waals surface area (Å²) in [6.45, 7) is 9.97. The smallest absolute Gasteiger partial charge is 0.163 e. The average molecular weight is 347 g/mol. The molecule has 1 heterocycles. The van der Waals surface area contributed by atoms with Crippen molar-refractivity contribution in [1.82, 2.24) is 0 Å². The predicted molar refractivity (Wildman–Crippen MR) is 96.0 cm³/mol. The molecule has 25 heavy (non-hydrogen) atoms. The first-order chi connectivity index (χ1) is 11.7. The second-order valence-electron chi connectivity index (χ2n) is 10.8. The Morgan fingerprint density at radius 1 is 1.04 bits per heavy atom. The van der Waals surface area contributed by atoms with E-state index in [2.05, 4.69) is 27.7 Å². The molecular weight excluding hydrogens is 312 g/mol. The molecule has 1 spiro atoms. The van der Waals surface area contributed by atoms with Crippen molar-refractivity contribution in [2.24, 2.45) is 34.0 Å². The molecule has 5 rings (SSSR count). The van der Waals surface area contributed by atoms with Crippen LogP contribution in [0.2, 0.25) is 0 Å². The maximum Gasteiger partial charge on any atom is 0.163 e. The highest BCUT2D eigenvalue weighted by Gasteiger charge is 2.69. The van der Waals surface area contributed by atoms with Crippen LogP contribution in [0.5, 0.6) is 0 Å². The Hall–Kier alpha value is -0.410. The molecule has 0 amide bonds. The highest BCUT2D eigenvalue weighted by Crippen LogP contribution is 2.74. The fourth-order valence-electron chi connectivity index (χ4n) is 8.33. The van der Waals surface area contributed by atoms with Crippen LogP contribution in [-0.4, -0.2) is 24.3 Å². The van der Waals surface area contributed by atoms with E-state index in [-0.39, 0.29) is 5.41 Å². The van der Waals surface area contributed by atoms with Crippen LogP contribution >= 0.6 is 0 Å². The first-order valence-corrected chi connectivity index (χ1v) is 10.5. The number of hydrogen-bond acceptors (Lipinski definition) is 3. The topological polar surface area (TPSA) is 35.5 Å². The van der Waals surface area contributed by atoms with E-state index < -0.39 is 5.79 Å². The maximum absolute atomic E-state index is 12.4. The Labute approximate surface area is 152 Å². The highest BCUT2D eigenvalue weighted by molar-refractivity contribution is 5.82. The van der Waals surface area contributed by atoms with Gasteiger partial charge in [0.2, 0.25) is 0 Å². The molecule has 5 aliphatic rings. The van der Waals surface area contributed by atoms with Crippen LogP contribution in [0.15, 0.2) is 0 Å². The van der Waals surface area contributed by atoms with Crippen molar-refractivity contribution >= 4 is 5.78 Å². The van der Waals surface area contributed by atoms with Crippen LogP contribution in [0.4, 0.5) is 0 Å². The van der Waals surface area contributed by atoms with E-state index in [1.165, 1.54) is 32.1 Å². The van der Waals surface area contributed by atoms with Crippen LogP contribution < -0.4 is 0 Å². The zero-order valence-electron chi connectivity index (χ0n) is 16.4. The van der Waals surface area contributed by atoms with Gasteiger partial charge >= 0.3 is 0 Å². The molecule has 5 unspecified atom stereocenters. The molecule has 0 aromatic rings. The molecule has 0 aromatic heterocycles. The summed E-state index contributed by atoms with van der Waals surface area (Å²) in [5, 5.41) is 0. The number of carbonyl (C=O) groups is 1. The molecule has 7 atom stereocenters. The van der Waals surface area contributed by atoms with Crippen LogP contribution in [0, 0.1) is 34.0 Å². The van der Waals surface area contributed by atoms with E-state index in [4.69, 9.17) is 9.47 Å². The zero-order chi connectivity index (χ0) is 17.7. The minimum atomic E-state index is -0.441. The Morgan fingerprint density at radius 2 is 1.84 bits per heavy atom. The number of ketones is 1. The van der Waals surface area contributed by atoms with Gasteiger partial charge in [0.1, 0.15) is 5.78 Å². The molecule has 1 aliphatic heterocycles. The SMILES string of the molecule is CC1(C)OC[C@]2(C)C(CC[C@@]3(C)C2CCC2CC4CC23CCC4=O)O1. The third-order valence-corrected chi connectivity index (χ3v) is 9.56. The van der Waals surface area contributed by atoms with Crippen molar-refractivity contribution in [1.29, 1.82) is 0 Å². The summed E-state index contributed by atoms with van der Waals surface area (Å²) < 4.78 is 12.6. The second kappa shape index (κ2) is 4.90. The Morgan fingerprint density at radius 3 is 2.64 bits per heavy atom. The minimum absolute atomic E-state index is 0.127. The number of carbonyl (C=O) groups excluding carboxylic acids is 1. The van der Waals surface area contributed by atoms with E-state index in [1.807, 2.05) is 0 Å². The molecule has 3 nitrogen and oxygen atoms in total. The number of Topliss-reactive ketones (excluding diaryl/α,β-unsaturated/α-hetero) is 1.